The SMILES string of the molecule is C=C(/C=C/C=C/C=C/C=C1\N(CCCCCC(=O)ON2C(=O)CCC2=O)c2ccc(S(=O)(=O)O)cc2C1(C)C)C(C)(C)c1cc(S(=O)(=O)O)ccc1NCC.CC. The third-order valence-corrected chi connectivity index (χ3v) is 11.5. The number of unbranched alkanes of at least 4 members (excludes halogenated alkanes) is 2. The molecule has 2 aromatic rings. The monoisotopic (exact) mass is 825 g/mol. The van der Waals surface area contributed by atoms with E-state index in [0.29, 0.717) is 48.6 Å². The molecule has 0 bridgehead atoms. The second-order valence-corrected chi connectivity index (χ2v) is 17.2. The molecule has 0 unspecified atom stereocenters. The quantitative estimate of drug-likeness (QED) is 0.0605. The number of rotatable bonds is 17. The maximum atomic E-state index is 12.2. The molecule has 2 aliphatic rings. The molecule has 1 fully saturated rings. The van der Waals surface area contributed by atoms with Crippen LogP contribution in [0.4, 0.5) is 11.4 Å². The van der Waals surface area contributed by atoms with E-state index in [1.165, 1.54) is 24.3 Å². The topological polar surface area (TPSA) is 188 Å². The average Bonchev–Trinajstić information content (AvgIpc) is 3.57. The highest BCUT2D eigenvalue weighted by Crippen LogP contribution is 2.48. The van der Waals surface area contributed by atoms with Gasteiger partial charge in [-0.05, 0) is 78.9 Å². The summed E-state index contributed by atoms with van der Waals surface area (Å²) in [7, 11) is -8.83. The Bertz CT molecular complexity index is 2170. The van der Waals surface area contributed by atoms with Gasteiger partial charge in [0.15, 0.2) is 0 Å². The van der Waals surface area contributed by atoms with E-state index in [1.807, 2.05) is 91.0 Å². The fourth-order valence-electron chi connectivity index (χ4n) is 6.51. The van der Waals surface area contributed by atoms with Gasteiger partial charge in [-0.3, -0.25) is 18.7 Å². The molecule has 2 amide bonds. The van der Waals surface area contributed by atoms with Gasteiger partial charge in [-0.2, -0.15) is 16.8 Å². The number of hydroxylamine groups is 2. The highest BCUT2D eigenvalue weighted by molar-refractivity contribution is 7.86. The van der Waals surface area contributed by atoms with E-state index in [2.05, 4.69) is 16.8 Å². The highest BCUT2D eigenvalue weighted by atomic mass is 32.2. The Labute approximate surface area is 337 Å². The largest absolute Gasteiger partial charge is 0.385 e. The number of amides is 2. The van der Waals surface area contributed by atoms with Crippen molar-refractivity contribution in [3.05, 3.63) is 108 Å². The van der Waals surface area contributed by atoms with Crippen LogP contribution in [0, 0.1) is 0 Å². The first-order valence-corrected chi connectivity index (χ1v) is 21.8. The Hall–Kier alpha value is -4.83. The van der Waals surface area contributed by atoms with E-state index in [9.17, 15) is 40.3 Å². The van der Waals surface area contributed by atoms with E-state index in [-0.39, 0.29) is 29.1 Å². The molecule has 1 saturated heterocycles. The first-order valence-electron chi connectivity index (χ1n) is 18.9. The number of hydrogen-bond donors (Lipinski definition) is 3. The van der Waals surface area contributed by atoms with Gasteiger partial charge >= 0.3 is 5.97 Å². The predicted octanol–water partition coefficient (Wildman–Crippen LogP) is 7.99. The van der Waals surface area contributed by atoms with Crippen LogP contribution in [0.25, 0.3) is 0 Å². The minimum absolute atomic E-state index is 0.0260. The van der Waals surface area contributed by atoms with Gasteiger partial charge in [0, 0.05) is 60.3 Å². The molecule has 0 atom stereocenters. The van der Waals surface area contributed by atoms with Crippen LogP contribution in [-0.4, -0.2) is 61.9 Å². The van der Waals surface area contributed by atoms with E-state index >= 15 is 0 Å². The zero-order valence-electron chi connectivity index (χ0n) is 33.7. The van der Waals surface area contributed by atoms with Crippen LogP contribution in [-0.2, 0) is 50.3 Å². The summed E-state index contributed by atoms with van der Waals surface area (Å²) in [5, 5.41) is 3.78. The van der Waals surface area contributed by atoms with Crippen molar-refractivity contribution in [2.24, 2.45) is 0 Å². The van der Waals surface area contributed by atoms with Crippen molar-refractivity contribution >= 4 is 49.4 Å². The standard InChI is InChI=1S/C40H49N3O10S2.C2H6/c1-7-41-33-21-19-29(54(47,48)49)26-31(33)39(3,4)28(2)16-12-9-8-10-13-17-35-40(5,6)32-27-30(55(50,51)52)20-22-34(32)42(35)25-15-11-14-18-38(46)53-43-36(44)23-24-37(43)45;1-2/h8-10,12-13,16-17,19-22,26-27,41H,2,7,11,14-15,18,23-25H2,1,3-6H3,(H,47,48,49)(H,50,51,52);1-2H3/b9-8+,13-10+,16-12+,35-17-;. The van der Waals surface area contributed by atoms with Crippen LogP contribution in [0.5, 0.6) is 0 Å². The fourth-order valence-corrected chi connectivity index (χ4v) is 7.53. The molecule has 4 rings (SSSR count). The summed E-state index contributed by atoms with van der Waals surface area (Å²) in [4.78, 5) is 42.4. The molecule has 0 spiro atoms. The predicted molar refractivity (Wildman–Crippen MR) is 222 cm³/mol. The zero-order chi connectivity index (χ0) is 42.8. The van der Waals surface area contributed by atoms with Gasteiger partial charge in [-0.1, -0.05) is 91.0 Å². The van der Waals surface area contributed by atoms with E-state index in [0.717, 1.165) is 22.6 Å². The number of imide groups is 1. The summed E-state index contributed by atoms with van der Waals surface area (Å²) in [6, 6.07) is 8.96. The molecule has 0 saturated carbocycles. The van der Waals surface area contributed by atoms with Crippen LogP contribution in [0.3, 0.4) is 0 Å². The minimum Gasteiger partial charge on any atom is -0.385 e. The average molecular weight is 826 g/mol. The summed E-state index contributed by atoms with van der Waals surface area (Å²) >= 11 is 0. The van der Waals surface area contributed by atoms with Crippen LogP contribution < -0.4 is 10.2 Å². The summed E-state index contributed by atoms with van der Waals surface area (Å²) in [6.07, 6.45) is 14.8. The molecule has 2 aromatic carbocycles. The van der Waals surface area contributed by atoms with Crippen molar-refractivity contribution in [1.82, 2.24) is 5.06 Å². The van der Waals surface area contributed by atoms with Gasteiger partial charge in [-0.25, -0.2) is 4.79 Å². The number of benzene rings is 2. The first-order chi connectivity index (χ1) is 26.7. The molecule has 0 aliphatic carbocycles. The Morgan fingerprint density at radius 3 is 2.09 bits per heavy atom. The molecule has 310 valence electrons. The molecule has 15 heteroatoms. The van der Waals surface area contributed by atoms with E-state index in [1.54, 1.807) is 12.1 Å². The Balaban J connectivity index is 0.00000428. The van der Waals surface area contributed by atoms with Crippen LogP contribution in [0.1, 0.15) is 98.1 Å². The number of fused-ring (bicyclic) bond motifs is 1. The molecule has 2 heterocycles. The van der Waals surface area contributed by atoms with Crippen LogP contribution in [0.15, 0.2) is 107 Å². The van der Waals surface area contributed by atoms with Gasteiger partial charge in [0.25, 0.3) is 32.1 Å². The van der Waals surface area contributed by atoms with Gasteiger partial charge in [-0.15, -0.1) is 5.06 Å². The number of nitrogens with zero attached hydrogens (tertiary/aromatic N) is 2. The lowest BCUT2D eigenvalue weighted by Crippen LogP contribution is -2.32. The number of nitrogens with one attached hydrogen (secondary N) is 1. The van der Waals surface area contributed by atoms with Crippen molar-refractivity contribution in [3.8, 4) is 0 Å². The maximum absolute atomic E-state index is 12.2. The fraction of sp³-hybridized carbons (Fsp3) is 0.405. The molecule has 0 radical (unpaired) electrons. The van der Waals surface area contributed by atoms with Gasteiger partial charge in [0.2, 0.25) is 0 Å². The van der Waals surface area contributed by atoms with Crippen molar-refractivity contribution in [2.75, 3.05) is 23.3 Å². The number of carbonyl (C=O) groups excluding carboxylic acids is 3. The number of carbonyl (C=O) groups is 3. The summed E-state index contributed by atoms with van der Waals surface area (Å²) in [5.41, 5.74) is 3.18. The maximum Gasteiger partial charge on any atom is 0.333 e. The zero-order valence-corrected chi connectivity index (χ0v) is 35.4. The molecular weight excluding hydrogens is 771 g/mol. The van der Waals surface area contributed by atoms with Crippen molar-refractivity contribution in [1.29, 1.82) is 0 Å². The Morgan fingerprint density at radius 1 is 0.895 bits per heavy atom. The van der Waals surface area contributed by atoms with Gasteiger partial charge in [0.1, 0.15) is 0 Å². The van der Waals surface area contributed by atoms with E-state index in [4.69, 9.17) is 4.84 Å². The lowest BCUT2D eigenvalue weighted by molar-refractivity contribution is -0.197. The number of hydrogen-bond acceptors (Lipinski definition) is 10. The molecule has 2 aliphatic heterocycles. The van der Waals surface area contributed by atoms with Crippen LogP contribution in [0.2, 0.25) is 0 Å². The lowest BCUT2D eigenvalue weighted by Gasteiger charge is -2.29. The van der Waals surface area contributed by atoms with Crippen molar-refractivity contribution in [3.63, 3.8) is 0 Å². The molecule has 3 N–H and O–H groups in total. The van der Waals surface area contributed by atoms with Gasteiger partial charge in [0.05, 0.1) is 9.79 Å². The molecule has 0 aromatic heterocycles. The van der Waals surface area contributed by atoms with Gasteiger partial charge < -0.3 is 15.1 Å². The molecule has 13 nitrogen and oxygen atoms in total. The minimum atomic E-state index is -4.43. The second-order valence-electron chi connectivity index (χ2n) is 14.3. The van der Waals surface area contributed by atoms with Crippen LogP contribution >= 0.6 is 0 Å². The summed E-state index contributed by atoms with van der Waals surface area (Å²) in [5.74, 6) is -1.71. The molecular formula is C42H55N3O10S2. The highest BCUT2D eigenvalue weighted by Gasteiger charge is 2.40. The van der Waals surface area contributed by atoms with E-state index < -0.39 is 48.8 Å². The summed E-state index contributed by atoms with van der Waals surface area (Å²) < 4.78 is 67.1. The Kier molecular flexibility index (Phi) is 16.0. The smallest absolute Gasteiger partial charge is 0.333 e. The number of allylic oxidation sites excluding steroid dienone is 9. The number of anilines is 2. The Morgan fingerprint density at radius 2 is 1.47 bits per heavy atom. The summed E-state index contributed by atoms with van der Waals surface area (Å²) in [6.45, 7) is 19.1. The normalized spacial score (nSPS) is 16.5. The first kappa shape index (κ1) is 46.6. The lowest BCUT2D eigenvalue weighted by atomic mass is 9.77. The third-order valence-electron chi connectivity index (χ3n) is 9.75. The second kappa shape index (κ2) is 19.5. The third kappa shape index (κ3) is 11.6. The van der Waals surface area contributed by atoms with Crippen molar-refractivity contribution < 1.29 is 45.2 Å². The van der Waals surface area contributed by atoms with Crippen molar-refractivity contribution in [2.45, 2.75) is 108 Å². The molecule has 57 heavy (non-hydrogen) atoms.